The molecule has 0 unspecified atom stereocenters. The Morgan fingerprint density at radius 1 is 1.06 bits per heavy atom. The summed E-state index contributed by atoms with van der Waals surface area (Å²) in [4.78, 5) is 15.5. The zero-order valence-corrected chi connectivity index (χ0v) is 22.0. The van der Waals surface area contributed by atoms with Crippen LogP contribution in [-0.2, 0) is 20.4 Å². The number of amides is 2. The summed E-state index contributed by atoms with van der Waals surface area (Å²) in [6.07, 6.45) is 5.44. The number of hydrogen-bond donors (Lipinski definition) is 1. The lowest BCUT2D eigenvalue weighted by atomic mass is 9.95. The molecule has 4 rings (SSSR count). The maximum Gasteiger partial charge on any atom is 0.318 e. The molecule has 184 valence electrons. The second-order valence-corrected chi connectivity index (χ2v) is 16.2. The van der Waals surface area contributed by atoms with Crippen LogP contribution in [0, 0.1) is 0 Å². The fourth-order valence-electron chi connectivity index (χ4n) is 4.99. The van der Waals surface area contributed by atoms with E-state index in [-0.39, 0.29) is 41.5 Å². The predicted molar refractivity (Wildman–Crippen MR) is 133 cm³/mol. The summed E-state index contributed by atoms with van der Waals surface area (Å²) in [5.41, 5.74) is 1.12. The van der Waals surface area contributed by atoms with Crippen molar-refractivity contribution in [2.45, 2.75) is 108 Å². The van der Waals surface area contributed by atoms with Gasteiger partial charge in [-0.3, -0.25) is 0 Å². The normalized spacial score (nSPS) is 28.5. The fraction of sp³-hybridized carbons (Fsp3) is 0.731. The number of carbonyl (C=O) groups is 1. The summed E-state index contributed by atoms with van der Waals surface area (Å²) in [5.74, 6) is 0. The highest BCUT2D eigenvalue weighted by atomic mass is 28.4. The summed E-state index contributed by atoms with van der Waals surface area (Å²) in [6, 6.07) is 10.4. The quantitative estimate of drug-likeness (QED) is 0.584. The monoisotopic (exact) mass is 474 g/mol. The summed E-state index contributed by atoms with van der Waals surface area (Å²) < 4.78 is 19.2. The molecule has 3 aliphatic rings. The largest absolute Gasteiger partial charge is 0.409 e. The maximum absolute atomic E-state index is 13.5. The Kier molecular flexibility index (Phi) is 7.53. The van der Waals surface area contributed by atoms with E-state index in [1.807, 2.05) is 23.1 Å². The number of urea groups is 1. The van der Waals surface area contributed by atoms with Gasteiger partial charge in [-0.1, -0.05) is 70.4 Å². The standard InChI is InChI=1S/C26H42N2O4Si/c1-26(2,3)33(4,5)32-22-18-31-23-21(17-30-24(22)23)28(16-19-12-8-6-9-13-19)25(29)27-20-14-10-7-11-15-20/h6,8-9,12-13,20-24H,7,10-11,14-18H2,1-5H3,(H,27,29)/t21-,22+,23+,24+/m0/s1. The fourth-order valence-corrected chi connectivity index (χ4v) is 6.30. The highest BCUT2D eigenvalue weighted by Gasteiger charge is 2.53. The van der Waals surface area contributed by atoms with Gasteiger partial charge < -0.3 is 24.1 Å². The van der Waals surface area contributed by atoms with Crippen LogP contribution in [0.5, 0.6) is 0 Å². The first-order valence-electron chi connectivity index (χ1n) is 12.7. The molecule has 0 spiro atoms. The minimum absolute atomic E-state index is 0.00244. The average molecular weight is 475 g/mol. The SMILES string of the molecule is CC(C)(C)[Si](C)(C)O[C@@H]1CO[C@H]2[C@@H]1OC[C@@H]2N(Cc1ccccc1)C(=O)NC1CCCCC1. The van der Waals surface area contributed by atoms with Crippen molar-refractivity contribution in [1.29, 1.82) is 0 Å². The number of nitrogens with zero attached hydrogens (tertiary/aromatic N) is 1. The van der Waals surface area contributed by atoms with Gasteiger partial charge in [0.15, 0.2) is 8.32 Å². The highest BCUT2D eigenvalue weighted by molar-refractivity contribution is 6.74. The molecule has 6 nitrogen and oxygen atoms in total. The second kappa shape index (κ2) is 10.1. The van der Waals surface area contributed by atoms with Crippen LogP contribution in [0.3, 0.4) is 0 Å². The van der Waals surface area contributed by atoms with E-state index in [1.54, 1.807) is 0 Å². The van der Waals surface area contributed by atoms with Gasteiger partial charge in [-0.15, -0.1) is 0 Å². The molecule has 2 aliphatic heterocycles. The van der Waals surface area contributed by atoms with Crippen molar-refractivity contribution in [3.8, 4) is 0 Å². The van der Waals surface area contributed by atoms with Gasteiger partial charge in [0.05, 0.1) is 25.4 Å². The molecule has 1 saturated carbocycles. The molecule has 33 heavy (non-hydrogen) atoms. The van der Waals surface area contributed by atoms with Crippen LogP contribution in [0.2, 0.25) is 18.1 Å². The molecule has 2 amide bonds. The number of fused-ring (bicyclic) bond motifs is 1. The van der Waals surface area contributed by atoms with Gasteiger partial charge >= 0.3 is 6.03 Å². The van der Waals surface area contributed by atoms with E-state index in [0.29, 0.717) is 19.8 Å². The third-order valence-electron chi connectivity index (χ3n) is 8.02. The number of benzene rings is 1. The zero-order chi connectivity index (χ0) is 23.6. The Morgan fingerprint density at radius 2 is 1.73 bits per heavy atom. The van der Waals surface area contributed by atoms with Gasteiger partial charge in [0, 0.05) is 12.6 Å². The summed E-state index contributed by atoms with van der Waals surface area (Å²) in [6.45, 7) is 12.9. The molecule has 1 aromatic rings. The maximum atomic E-state index is 13.5. The van der Waals surface area contributed by atoms with Crippen molar-refractivity contribution in [2.75, 3.05) is 13.2 Å². The van der Waals surface area contributed by atoms with E-state index in [1.165, 1.54) is 19.3 Å². The molecule has 1 N–H and O–H groups in total. The van der Waals surface area contributed by atoms with Crippen molar-refractivity contribution in [3.05, 3.63) is 35.9 Å². The van der Waals surface area contributed by atoms with E-state index in [2.05, 4.69) is 51.3 Å². The average Bonchev–Trinajstić information content (AvgIpc) is 3.35. The van der Waals surface area contributed by atoms with Gasteiger partial charge in [-0.05, 0) is 36.5 Å². The van der Waals surface area contributed by atoms with Crippen molar-refractivity contribution < 1.29 is 18.7 Å². The lowest BCUT2D eigenvalue weighted by Crippen LogP contribution is -2.53. The van der Waals surface area contributed by atoms with Gasteiger partial charge in [-0.2, -0.15) is 0 Å². The number of ether oxygens (including phenoxy) is 2. The molecular formula is C26H42N2O4Si. The number of rotatable bonds is 6. The van der Waals surface area contributed by atoms with Gasteiger partial charge in [0.1, 0.15) is 12.2 Å². The summed E-state index contributed by atoms with van der Waals surface area (Å²) in [5, 5.41) is 3.44. The first kappa shape index (κ1) is 24.7. The van der Waals surface area contributed by atoms with Crippen molar-refractivity contribution in [3.63, 3.8) is 0 Å². The van der Waals surface area contributed by atoms with Crippen molar-refractivity contribution >= 4 is 14.3 Å². The van der Waals surface area contributed by atoms with Crippen LogP contribution in [0.25, 0.3) is 0 Å². The Balaban J connectivity index is 1.48. The smallest absolute Gasteiger partial charge is 0.318 e. The first-order chi connectivity index (χ1) is 15.7. The van der Waals surface area contributed by atoms with Crippen LogP contribution in [0.1, 0.15) is 58.4 Å². The minimum Gasteiger partial charge on any atom is -0.409 e. The van der Waals surface area contributed by atoms with E-state index < -0.39 is 8.32 Å². The van der Waals surface area contributed by atoms with Gasteiger partial charge in [-0.25, -0.2) is 4.79 Å². The van der Waals surface area contributed by atoms with Crippen LogP contribution in [0.4, 0.5) is 4.79 Å². The Hall–Kier alpha value is -1.41. The van der Waals surface area contributed by atoms with Crippen LogP contribution in [0.15, 0.2) is 30.3 Å². The first-order valence-corrected chi connectivity index (χ1v) is 15.6. The molecule has 0 radical (unpaired) electrons. The molecular weight excluding hydrogens is 432 g/mol. The molecule has 2 heterocycles. The summed E-state index contributed by atoms with van der Waals surface area (Å²) in [7, 11) is -1.94. The summed E-state index contributed by atoms with van der Waals surface area (Å²) >= 11 is 0. The molecule has 0 bridgehead atoms. The molecule has 7 heteroatoms. The Morgan fingerprint density at radius 3 is 2.39 bits per heavy atom. The third kappa shape index (κ3) is 5.64. The zero-order valence-electron chi connectivity index (χ0n) is 21.0. The van der Waals surface area contributed by atoms with Crippen LogP contribution >= 0.6 is 0 Å². The Bertz CT molecular complexity index is 791. The van der Waals surface area contributed by atoms with E-state index in [9.17, 15) is 4.79 Å². The van der Waals surface area contributed by atoms with Crippen LogP contribution in [-0.4, -0.2) is 62.9 Å². The highest BCUT2D eigenvalue weighted by Crippen LogP contribution is 2.41. The topological polar surface area (TPSA) is 60.0 Å². The van der Waals surface area contributed by atoms with Crippen molar-refractivity contribution in [1.82, 2.24) is 10.2 Å². The predicted octanol–water partition coefficient (Wildman–Crippen LogP) is 5.09. The number of hydrogen-bond acceptors (Lipinski definition) is 4. The van der Waals surface area contributed by atoms with Crippen LogP contribution < -0.4 is 5.32 Å². The lowest BCUT2D eigenvalue weighted by molar-refractivity contribution is 0.0204. The van der Waals surface area contributed by atoms with Gasteiger partial charge in [0.25, 0.3) is 0 Å². The minimum atomic E-state index is -1.94. The Labute approximate surface area is 200 Å². The second-order valence-electron chi connectivity index (χ2n) is 11.5. The van der Waals surface area contributed by atoms with Crippen molar-refractivity contribution in [2.24, 2.45) is 0 Å². The van der Waals surface area contributed by atoms with E-state index >= 15 is 0 Å². The van der Waals surface area contributed by atoms with E-state index in [0.717, 1.165) is 18.4 Å². The molecule has 1 aromatic carbocycles. The molecule has 4 atom stereocenters. The molecule has 2 saturated heterocycles. The van der Waals surface area contributed by atoms with E-state index in [4.69, 9.17) is 13.9 Å². The number of nitrogens with one attached hydrogen (secondary N) is 1. The van der Waals surface area contributed by atoms with Gasteiger partial charge in [0.2, 0.25) is 0 Å². The molecule has 3 fully saturated rings. The molecule has 0 aromatic heterocycles. The number of carbonyl (C=O) groups excluding carboxylic acids is 1. The molecule has 1 aliphatic carbocycles. The third-order valence-corrected chi connectivity index (χ3v) is 12.5. The lowest BCUT2D eigenvalue weighted by Gasteiger charge is -2.39.